The van der Waals surface area contributed by atoms with Crippen LogP contribution in [0.3, 0.4) is 0 Å². The second kappa shape index (κ2) is 12.1. The van der Waals surface area contributed by atoms with Gasteiger partial charge in [0.1, 0.15) is 5.75 Å². The molecule has 3 N–H and O–H groups in total. The molecule has 8 nitrogen and oxygen atoms in total. The van der Waals surface area contributed by atoms with Crippen molar-refractivity contribution in [2.45, 2.75) is 57.7 Å². The third-order valence-corrected chi connectivity index (χ3v) is 6.08. The van der Waals surface area contributed by atoms with Gasteiger partial charge in [0.05, 0.1) is 42.1 Å². The smallest absolute Gasteiger partial charge is 0.305 e. The molecule has 0 aromatic heterocycles. The Morgan fingerprint density at radius 3 is 2.68 bits per heavy atom. The zero-order valence-electron chi connectivity index (χ0n) is 18.8. The normalized spacial score (nSPS) is 20.2. The molecule has 0 saturated carbocycles. The Morgan fingerprint density at radius 2 is 2.06 bits per heavy atom. The Labute approximate surface area is 189 Å². The Balaban J connectivity index is 2.02. The van der Waals surface area contributed by atoms with Crippen LogP contribution < -0.4 is 15.8 Å². The van der Waals surface area contributed by atoms with Crippen LogP contribution >= 0.6 is 11.6 Å². The number of halogens is 1. The van der Waals surface area contributed by atoms with Crippen molar-refractivity contribution >= 4 is 29.2 Å². The van der Waals surface area contributed by atoms with Crippen LogP contribution in [0.5, 0.6) is 5.75 Å². The summed E-state index contributed by atoms with van der Waals surface area (Å²) in [7, 11) is 3.13. The van der Waals surface area contributed by atoms with Crippen molar-refractivity contribution in [2.24, 2.45) is 0 Å². The molecule has 1 fully saturated rings. The summed E-state index contributed by atoms with van der Waals surface area (Å²) in [6.45, 7) is 5.79. The summed E-state index contributed by atoms with van der Waals surface area (Å²) in [5, 5.41) is 3.36. The predicted molar refractivity (Wildman–Crippen MR) is 121 cm³/mol. The Bertz CT molecular complexity index is 761. The van der Waals surface area contributed by atoms with Crippen LogP contribution in [0.15, 0.2) is 12.1 Å². The number of nitrogens with one attached hydrogen (secondary N) is 1. The first-order valence-electron chi connectivity index (χ1n) is 10.7. The summed E-state index contributed by atoms with van der Waals surface area (Å²) in [5.74, 6) is -0.0769. The number of benzene rings is 1. The summed E-state index contributed by atoms with van der Waals surface area (Å²) in [4.78, 5) is 27.0. The van der Waals surface area contributed by atoms with Gasteiger partial charge in [0.2, 0.25) is 0 Å². The van der Waals surface area contributed by atoms with Gasteiger partial charge in [-0.15, -0.1) is 0 Å². The quantitative estimate of drug-likeness (QED) is 0.413. The van der Waals surface area contributed by atoms with Crippen molar-refractivity contribution in [3.05, 3.63) is 22.7 Å². The van der Waals surface area contributed by atoms with Crippen molar-refractivity contribution < 1.29 is 23.8 Å². The van der Waals surface area contributed by atoms with Gasteiger partial charge < -0.3 is 25.3 Å². The van der Waals surface area contributed by atoms with E-state index in [9.17, 15) is 9.59 Å². The van der Waals surface area contributed by atoms with Crippen LogP contribution in [0, 0.1) is 0 Å². The molecule has 1 aliphatic heterocycles. The molecule has 1 saturated heterocycles. The van der Waals surface area contributed by atoms with Crippen LogP contribution in [-0.4, -0.2) is 68.9 Å². The summed E-state index contributed by atoms with van der Waals surface area (Å²) in [6.07, 6.45) is 2.62. The van der Waals surface area contributed by atoms with E-state index in [4.69, 9.17) is 31.5 Å². The van der Waals surface area contributed by atoms with E-state index in [2.05, 4.69) is 17.1 Å². The van der Waals surface area contributed by atoms with E-state index < -0.39 is 0 Å². The molecule has 1 heterocycles. The number of rotatable bonds is 10. The summed E-state index contributed by atoms with van der Waals surface area (Å²) < 4.78 is 16.0. The number of methoxy groups -OCH3 is 2. The molecule has 1 aliphatic rings. The number of esters is 1. The molecule has 174 valence electrons. The van der Waals surface area contributed by atoms with E-state index in [-0.39, 0.29) is 30.1 Å². The van der Waals surface area contributed by atoms with Gasteiger partial charge in [-0.2, -0.15) is 0 Å². The van der Waals surface area contributed by atoms with E-state index in [0.717, 1.165) is 25.8 Å². The Kier molecular flexibility index (Phi) is 9.87. The fraction of sp³-hybridized carbons (Fsp3) is 0.636. The van der Waals surface area contributed by atoms with E-state index in [1.54, 1.807) is 13.2 Å². The number of piperidine rings is 1. The molecule has 1 aromatic rings. The SMILES string of the molecule is CCOC(=O)CCC(CC)N1CCC(NC(=O)c2cc(Cl)c(N)cc2OC)C(OC)C1. The number of carbonyl (C=O) groups excluding carboxylic acids is 2. The maximum atomic E-state index is 12.9. The molecule has 0 aliphatic carbocycles. The lowest BCUT2D eigenvalue weighted by atomic mass is 9.97. The second-order valence-electron chi connectivity index (χ2n) is 7.62. The lowest BCUT2D eigenvalue weighted by molar-refractivity contribution is -0.143. The fourth-order valence-corrected chi connectivity index (χ4v) is 4.16. The molecular weight excluding hydrogens is 422 g/mol. The van der Waals surface area contributed by atoms with Gasteiger partial charge in [-0.3, -0.25) is 14.5 Å². The van der Waals surface area contributed by atoms with Gasteiger partial charge in [-0.1, -0.05) is 18.5 Å². The second-order valence-corrected chi connectivity index (χ2v) is 8.02. The number of anilines is 1. The van der Waals surface area contributed by atoms with Crippen molar-refractivity contribution in [1.29, 1.82) is 0 Å². The molecule has 9 heteroatoms. The maximum absolute atomic E-state index is 12.9. The van der Waals surface area contributed by atoms with Crippen molar-refractivity contribution in [1.82, 2.24) is 10.2 Å². The molecule has 0 spiro atoms. The molecule has 3 unspecified atom stereocenters. The molecule has 1 amide bonds. The molecule has 31 heavy (non-hydrogen) atoms. The van der Waals surface area contributed by atoms with Gasteiger partial charge in [0, 0.05) is 38.7 Å². The number of nitrogen functional groups attached to an aromatic ring is 1. The highest BCUT2D eigenvalue weighted by atomic mass is 35.5. The number of amides is 1. The topological polar surface area (TPSA) is 103 Å². The highest BCUT2D eigenvalue weighted by Crippen LogP contribution is 2.29. The summed E-state index contributed by atoms with van der Waals surface area (Å²) >= 11 is 6.10. The highest BCUT2D eigenvalue weighted by Gasteiger charge is 2.33. The van der Waals surface area contributed by atoms with Crippen LogP contribution in [0.2, 0.25) is 5.02 Å². The zero-order chi connectivity index (χ0) is 23.0. The first-order chi connectivity index (χ1) is 14.8. The fourth-order valence-electron chi connectivity index (χ4n) is 4.00. The summed E-state index contributed by atoms with van der Waals surface area (Å²) in [5.41, 5.74) is 6.50. The van der Waals surface area contributed by atoms with Crippen molar-refractivity contribution in [3.63, 3.8) is 0 Å². The van der Waals surface area contributed by atoms with Gasteiger partial charge in [-0.25, -0.2) is 0 Å². The molecule has 1 aromatic carbocycles. The first-order valence-corrected chi connectivity index (χ1v) is 11.1. The molecule has 2 rings (SSSR count). The van der Waals surface area contributed by atoms with Crippen molar-refractivity contribution in [2.75, 3.05) is 39.6 Å². The summed E-state index contributed by atoms with van der Waals surface area (Å²) in [6, 6.07) is 3.17. The van der Waals surface area contributed by atoms with Gasteiger partial charge >= 0.3 is 5.97 Å². The van der Waals surface area contributed by atoms with Gasteiger partial charge in [-0.05, 0) is 32.3 Å². The molecule has 0 radical (unpaired) electrons. The van der Waals surface area contributed by atoms with Crippen LogP contribution in [-0.2, 0) is 14.3 Å². The maximum Gasteiger partial charge on any atom is 0.305 e. The van der Waals surface area contributed by atoms with Crippen molar-refractivity contribution in [3.8, 4) is 5.75 Å². The van der Waals surface area contributed by atoms with E-state index in [0.29, 0.717) is 41.6 Å². The van der Waals surface area contributed by atoms with Crippen LogP contribution in [0.1, 0.15) is 49.9 Å². The van der Waals surface area contributed by atoms with Gasteiger partial charge in [0.25, 0.3) is 5.91 Å². The monoisotopic (exact) mass is 455 g/mol. The minimum Gasteiger partial charge on any atom is -0.496 e. The predicted octanol–water partition coefficient (Wildman–Crippen LogP) is 2.87. The van der Waals surface area contributed by atoms with Crippen LogP contribution in [0.25, 0.3) is 0 Å². The number of nitrogens with two attached hydrogens (primary N) is 1. The number of ether oxygens (including phenoxy) is 3. The minimum atomic E-state index is -0.284. The number of nitrogens with zero attached hydrogens (tertiary/aromatic N) is 1. The van der Waals surface area contributed by atoms with Gasteiger partial charge in [0.15, 0.2) is 0 Å². The third-order valence-electron chi connectivity index (χ3n) is 5.75. The lowest BCUT2D eigenvalue weighted by Crippen LogP contribution is -2.56. The first kappa shape index (κ1) is 25.2. The largest absolute Gasteiger partial charge is 0.496 e. The lowest BCUT2D eigenvalue weighted by Gasteiger charge is -2.41. The molecule has 3 atom stereocenters. The third kappa shape index (κ3) is 6.72. The minimum absolute atomic E-state index is 0.155. The molecule has 0 bridgehead atoms. The highest BCUT2D eigenvalue weighted by molar-refractivity contribution is 6.33. The van der Waals surface area contributed by atoms with E-state index in [1.165, 1.54) is 13.2 Å². The number of likely N-dealkylation sites (tertiary alicyclic amines) is 1. The van der Waals surface area contributed by atoms with E-state index >= 15 is 0 Å². The zero-order valence-corrected chi connectivity index (χ0v) is 19.5. The van der Waals surface area contributed by atoms with Crippen LogP contribution in [0.4, 0.5) is 5.69 Å². The standard InChI is InChI=1S/C22H34ClN3O5/c1-5-14(7-8-21(27)31-6-2)26-10-9-18(20(13-26)30-4)25-22(28)15-11-16(23)17(24)12-19(15)29-3/h11-12,14,18,20H,5-10,13,24H2,1-4H3,(H,25,28). The average molecular weight is 456 g/mol. The average Bonchev–Trinajstić information content (AvgIpc) is 2.76. The number of carbonyl (C=O) groups is 2. The Hall–Kier alpha value is -2.03. The Morgan fingerprint density at radius 1 is 1.32 bits per heavy atom. The molecular formula is C22H34ClN3O5. The van der Waals surface area contributed by atoms with E-state index in [1.807, 2.05) is 6.92 Å². The number of hydrogen-bond acceptors (Lipinski definition) is 7. The number of hydrogen-bond donors (Lipinski definition) is 2.